The van der Waals surface area contributed by atoms with Crippen LogP contribution in [0.2, 0.25) is 0 Å². The average molecular weight is 263 g/mol. The predicted octanol–water partition coefficient (Wildman–Crippen LogP) is 1.51. The van der Waals surface area contributed by atoms with Gasteiger partial charge in [0, 0.05) is 38.4 Å². The van der Waals surface area contributed by atoms with E-state index in [0.717, 1.165) is 61.9 Å². The minimum absolute atomic E-state index is 0.744. The maximum Gasteiger partial charge on any atom is 0.122 e. The maximum atomic E-state index is 5.89. The summed E-state index contributed by atoms with van der Waals surface area (Å²) in [6, 6.07) is 4.02. The molecule has 1 heterocycles. The van der Waals surface area contributed by atoms with E-state index in [4.69, 9.17) is 10.5 Å². The van der Waals surface area contributed by atoms with Crippen molar-refractivity contribution in [2.24, 2.45) is 0 Å². The first-order valence-electron chi connectivity index (χ1n) is 6.96. The summed E-state index contributed by atoms with van der Waals surface area (Å²) in [5.74, 6) is 0.959. The molecule has 4 heteroatoms. The molecule has 1 aromatic rings. The molecular weight excluding hydrogens is 238 g/mol. The standard InChI is InChI=1S/C15H25N3O/c1-12-11-15(13(2)10-14(12)16)19-9-8-18-6-4-17(3)5-7-18/h10-11H,4-9,16H2,1-3H3. The first kappa shape index (κ1) is 14.2. The summed E-state index contributed by atoms with van der Waals surface area (Å²) in [5, 5.41) is 0. The molecule has 4 nitrogen and oxygen atoms in total. The Labute approximate surface area is 116 Å². The summed E-state index contributed by atoms with van der Waals surface area (Å²) >= 11 is 0. The second kappa shape index (κ2) is 6.26. The fourth-order valence-electron chi connectivity index (χ4n) is 2.32. The zero-order chi connectivity index (χ0) is 13.8. The summed E-state index contributed by atoms with van der Waals surface area (Å²) in [5.41, 5.74) is 8.91. The second-order valence-corrected chi connectivity index (χ2v) is 5.47. The lowest BCUT2D eigenvalue weighted by Gasteiger charge is -2.32. The number of rotatable bonds is 4. The summed E-state index contributed by atoms with van der Waals surface area (Å²) in [6.07, 6.45) is 0. The number of ether oxygens (including phenoxy) is 1. The van der Waals surface area contributed by atoms with Crippen LogP contribution in [-0.4, -0.2) is 56.2 Å². The number of benzene rings is 1. The van der Waals surface area contributed by atoms with Crippen molar-refractivity contribution in [3.05, 3.63) is 23.3 Å². The van der Waals surface area contributed by atoms with Crippen molar-refractivity contribution in [3.8, 4) is 5.75 Å². The van der Waals surface area contributed by atoms with Gasteiger partial charge in [-0.25, -0.2) is 0 Å². The highest BCUT2D eigenvalue weighted by molar-refractivity contribution is 5.53. The van der Waals surface area contributed by atoms with Crippen molar-refractivity contribution in [2.45, 2.75) is 13.8 Å². The first-order chi connectivity index (χ1) is 9.06. The van der Waals surface area contributed by atoms with Gasteiger partial charge in [-0.3, -0.25) is 4.90 Å². The van der Waals surface area contributed by atoms with Crippen LogP contribution in [0.4, 0.5) is 5.69 Å². The van der Waals surface area contributed by atoms with Crippen LogP contribution in [0.15, 0.2) is 12.1 Å². The SMILES string of the molecule is Cc1cc(OCCN2CCN(C)CC2)c(C)cc1N. The van der Waals surface area contributed by atoms with Gasteiger partial charge in [0.05, 0.1) is 0 Å². The van der Waals surface area contributed by atoms with Crippen LogP contribution in [-0.2, 0) is 0 Å². The number of nitrogens with zero attached hydrogens (tertiary/aromatic N) is 2. The summed E-state index contributed by atoms with van der Waals surface area (Å²) in [4.78, 5) is 4.82. The topological polar surface area (TPSA) is 41.7 Å². The predicted molar refractivity (Wildman–Crippen MR) is 79.8 cm³/mol. The Morgan fingerprint density at radius 1 is 1.11 bits per heavy atom. The Morgan fingerprint density at radius 3 is 2.47 bits per heavy atom. The molecule has 2 rings (SSSR count). The van der Waals surface area contributed by atoms with E-state index in [1.54, 1.807) is 0 Å². The normalized spacial score (nSPS) is 17.6. The molecule has 2 N–H and O–H groups in total. The average Bonchev–Trinajstić information content (AvgIpc) is 2.38. The van der Waals surface area contributed by atoms with Gasteiger partial charge in [-0.15, -0.1) is 0 Å². The molecule has 0 unspecified atom stereocenters. The van der Waals surface area contributed by atoms with Crippen LogP contribution in [0, 0.1) is 13.8 Å². The lowest BCUT2D eigenvalue weighted by molar-refractivity contribution is 0.133. The van der Waals surface area contributed by atoms with E-state index >= 15 is 0 Å². The minimum Gasteiger partial charge on any atom is -0.492 e. The van der Waals surface area contributed by atoms with Gasteiger partial charge in [-0.2, -0.15) is 0 Å². The van der Waals surface area contributed by atoms with E-state index in [1.165, 1.54) is 0 Å². The molecule has 0 spiro atoms. The van der Waals surface area contributed by atoms with Crippen LogP contribution in [0.5, 0.6) is 5.75 Å². The molecule has 19 heavy (non-hydrogen) atoms. The third kappa shape index (κ3) is 3.85. The number of piperazine rings is 1. The van der Waals surface area contributed by atoms with Crippen LogP contribution >= 0.6 is 0 Å². The number of anilines is 1. The van der Waals surface area contributed by atoms with Gasteiger partial charge in [-0.1, -0.05) is 0 Å². The molecule has 0 aromatic heterocycles. The van der Waals surface area contributed by atoms with Crippen molar-refractivity contribution in [1.29, 1.82) is 0 Å². The number of hydrogen-bond acceptors (Lipinski definition) is 4. The zero-order valence-electron chi connectivity index (χ0n) is 12.3. The van der Waals surface area contributed by atoms with E-state index in [9.17, 15) is 0 Å². The van der Waals surface area contributed by atoms with Crippen molar-refractivity contribution in [2.75, 3.05) is 52.1 Å². The highest BCUT2D eigenvalue weighted by atomic mass is 16.5. The van der Waals surface area contributed by atoms with E-state index in [0.29, 0.717) is 0 Å². The number of aryl methyl sites for hydroxylation is 2. The van der Waals surface area contributed by atoms with E-state index in [2.05, 4.69) is 16.8 Å². The van der Waals surface area contributed by atoms with E-state index in [-0.39, 0.29) is 0 Å². The molecule has 0 saturated carbocycles. The Morgan fingerprint density at radius 2 is 1.79 bits per heavy atom. The zero-order valence-corrected chi connectivity index (χ0v) is 12.3. The van der Waals surface area contributed by atoms with Crippen molar-refractivity contribution in [1.82, 2.24) is 9.80 Å². The lowest BCUT2D eigenvalue weighted by atomic mass is 10.1. The second-order valence-electron chi connectivity index (χ2n) is 5.47. The molecule has 1 aliphatic heterocycles. The number of likely N-dealkylation sites (N-methyl/N-ethyl adjacent to an activating group) is 1. The highest BCUT2D eigenvalue weighted by Crippen LogP contribution is 2.24. The van der Waals surface area contributed by atoms with Gasteiger partial charge in [0.1, 0.15) is 12.4 Å². The van der Waals surface area contributed by atoms with Crippen molar-refractivity contribution >= 4 is 5.69 Å². The largest absolute Gasteiger partial charge is 0.492 e. The van der Waals surface area contributed by atoms with Gasteiger partial charge in [0.15, 0.2) is 0 Å². The number of hydrogen-bond donors (Lipinski definition) is 1. The third-order valence-electron chi connectivity index (χ3n) is 3.82. The molecule has 0 amide bonds. The fraction of sp³-hybridized carbons (Fsp3) is 0.600. The first-order valence-corrected chi connectivity index (χ1v) is 6.96. The fourth-order valence-corrected chi connectivity index (χ4v) is 2.32. The third-order valence-corrected chi connectivity index (χ3v) is 3.82. The van der Waals surface area contributed by atoms with Crippen molar-refractivity contribution < 1.29 is 4.74 Å². The molecule has 0 radical (unpaired) electrons. The Hall–Kier alpha value is -1.26. The van der Waals surface area contributed by atoms with Gasteiger partial charge in [0.2, 0.25) is 0 Å². The molecule has 106 valence electrons. The highest BCUT2D eigenvalue weighted by Gasteiger charge is 2.13. The van der Waals surface area contributed by atoms with Gasteiger partial charge < -0.3 is 15.4 Å². The maximum absolute atomic E-state index is 5.89. The molecular formula is C15H25N3O. The number of nitrogen functional groups attached to an aromatic ring is 1. The van der Waals surface area contributed by atoms with Gasteiger partial charge in [0.25, 0.3) is 0 Å². The van der Waals surface area contributed by atoms with Crippen molar-refractivity contribution in [3.63, 3.8) is 0 Å². The summed E-state index contributed by atoms with van der Waals surface area (Å²) < 4.78 is 5.89. The van der Waals surface area contributed by atoms with Crippen LogP contribution in [0.25, 0.3) is 0 Å². The molecule has 0 atom stereocenters. The molecule has 1 aromatic carbocycles. The summed E-state index contributed by atoms with van der Waals surface area (Å²) in [6.45, 7) is 10.4. The van der Waals surface area contributed by atoms with Gasteiger partial charge >= 0.3 is 0 Å². The quantitative estimate of drug-likeness (QED) is 0.836. The van der Waals surface area contributed by atoms with Gasteiger partial charge in [-0.05, 0) is 44.2 Å². The number of nitrogens with two attached hydrogens (primary N) is 1. The Bertz CT molecular complexity index is 426. The van der Waals surface area contributed by atoms with Crippen LogP contribution in [0.1, 0.15) is 11.1 Å². The molecule has 0 aliphatic carbocycles. The molecule has 1 saturated heterocycles. The Kier molecular flexibility index (Phi) is 4.66. The molecule has 1 aliphatic rings. The van der Waals surface area contributed by atoms with E-state index in [1.807, 2.05) is 26.0 Å². The Balaban J connectivity index is 1.81. The molecule has 0 bridgehead atoms. The van der Waals surface area contributed by atoms with Crippen LogP contribution < -0.4 is 10.5 Å². The van der Waals surface area contributed by atoms with E-state index < -0.39 is 0 Å². The monoisotopic (exact) mass is 263 g/mol. The summed E-state index contributed by atoms with van der Waals surface area (Å²) in [7, 11) is 2.17. The lowest BCUT2D eigenvalue weighted by Crippen LogP contribution is -2.45. The molecule has 1 fully saturated rings. The van der Waals surface area contributed by atoms with Crippen LogP contribution in [0.3, 0.4) is 0 Å². The smallest absolute Gasteiger partial charge is 0.122 e. The minimum atomic E-state index is 0.744.